The number of halogens is 1. The number of sulfone groups is 1. The molecule has 1 fully saturated rings. The van der Waals surface area contributed by atoms with E-state index in [9.17, 15) is 8.42 Å². The standard InChI is InChI=1S/C20H28ClN3O4S/c1-14(2)19-22-20(23-28-19)24-10-8-15(9-11-24)5-4-12-27-16-6-7-18(17(21)13-16)29(3,25)26/h6-7,13-15H,4-5,8-12H2,1-3H3. The van der Waals surface area contributed by atoms with Gasteiger partial charge in [0.05, 0.1) is 16.5 Å². The fourth-order valence-electron chi connectivity index (χ4n) is 3.45. The monoisotopic (exact) mass is 441 g/mol. The number of nitrogens with zero attached hydrogens (tertiary/aromatic N) is 3. The molecule has 0 amide bonds. The number of rotatable bonds is 8. The molecule has 0 atom stereocenters. The van der Waals surface area contributed by atoms with E-state index in [0.717, 1.165) is 45.0 Å². The number of aromatic nitrogens is 2. The molecule has 0 spiro atoms. The number of hydrogen-bond donors (Lipinski definition) is 0. The topological polar surface area (TPSA) is 85.5 Å². The van der Waals surface area contributed by atoms with Crippen LogP contribution in [0.25, 0.3) is 0 Å². The molecule has 1 aliphatic rings. The van der Waals surface area contributed by atoms with Crippen LogP contribution in [0.15, 0.2) is 27.6 Å². The first-order valence-corrected chi connectivity index (χ1v) is 12.2. The van der Waals surface area contributed by atoms with Crippen molar-refractivity contribution in [3.05, 3.63) is 29.1 Å². The zero-order valence-electron chi connectivity index (χ0n) is 17.1. The average Bonchev–Trinajstić information content (AvgIpc) is 3.15. The second kappa shape index (κ2) is 9.34. The lowest BCUT2D eigenvalue weighted by molar-refractivity contribution is 0.278. The highest BCUT2D eigenvalue weighted by molar-refractivity contribution is 7.90. The first kappa shape index (κ1) is 21.9. The van der Waals surface area contributed by atoms with Crippen molar-refractivity contribution in [3.63, 3.8) is 0 Å². The van der Waals surface area contributed by atoms with Crippen molar-refractivity contribution < 1.29 is 17.7 Å². The summed E-state index contributed by atoms with van der Waals surface area (Å²) in [6.07, 6.45) is 5.37. The van der Waals surface area contributed by atoms with Crippen molar-refractivity contribution in [2.45, 2.75) is 50.3 Å². The zero-order valence-corrected chi connectivity index (χ0v) is 18.7. The molecule has 0 aliphatic carbocycles. The van der Waals surface area contributed by atoms with Gasteiger partial charge in [-0.1, -0.05) is 25.4 Å². The molecule has 1 aliphatic heterocycles. The van der Waals surface area contributed by atoms with E-state index in [-0.39, 0.29) is 15.8 Å². The summed E-state index contributed by atoms with van der Waals surface area (Å²) < 4.78 is 34.2. The van der Waals surface area contributed by atoms with Crippen LogP contribution in [0, 0.1) is 5.92 Å². The molecule has 1 saturated heterocycles. The second-order valence-electron chi connectivity index (χ2n) is 7.87. The number of anilines is 1. The molecular weight excluding hydrogens is 414 g/mol. The summed E-state index contributed by atoms with van der Waals surface area (Å²) in [7, 11) is -3.32. The zero-order chi connectivity index (χ0) is 21.0. The fraction of sp³-hybridized carbons (Fsp3) is 0.600. The molecule has 0 unspecified atom stereocenters. The SMILES string of the molecule is CC(C)c1nc(N2CCC(CCCOc3ccc(S(C)(=O)=O)c(Cl)c3)CC2)no1. The van der Waals surface area contributed by atoms with Crippen molar-refractivity contribution in [1.29, 1.82) is 0 Å². The Kier molecular flexibility index (Phi) is 7.05. The van der Waals surface area contributed by atoms with E-state index in [1.54, 1.807) is 12.1 Å². The minimum absolute atomic E-state index is 0.125. The Bertz CT molecular complexity index is 922. The first-order chi connectivity index (χ1) is 13.7. The van der Waals surface area contributed by atoms with E-state index in [4.69, 9.17) is 20.9 Å². The lowest BCUT2D eigenvalue weighted by Crippen LogP contribution is -2.34. The number of piperidine rings is 1. The van der Waals surface area contributed by atoms with Crippen LogP contribution in [0.3, 0.4) is 0 Å². The van der Waals surface area contributed by atoms with Gasteiger partial charge in [-0.05, 0) is 48.9 Å². The van der Waals surface area contributed by atoms with Gasteiger partial charge in [0.15, 0.2) is 9.84 Å². The van der Waals surface area contributed by atoms with Gasteiger partial charge in [-0.3, -0.25) is 0 Å². The van der Waals surface area contributed by atoms with E-state index in [2.05, 4.69) is 15.0 Å². The molecule has 2 aromatic rings. The Morgan fingerprint density at radius 2 is 2.03 bits per heavy atom. The van der Waals surface area contributed by atoms with Gasteiger partial charge in [-0.2, -0.15) is 4.98 Å². The Morgan fingerprint density at radius 1 is 1.31 bits per heavy atom. The van der Waals surface area contributed by atoms with E-state index >= 15 is 0 Å². The molecule has 1 aromatic carbocycles. The molecule has 0 radical (unpaired) electrons. The van der Waals surface area contributed by atoms with Gasteiger partial charge in [-0.25, -0.2) is 8.42 Å². The van der Waals surface area contributed by atoms with Crippen LogP contribution in [0.5, 0.6) is 5.75 Å². The summed E-state index contributed by atoms with van der Waals surface area (Å²) in [4.78, 5) is 6.79. The quantitative estimate of drug-likeness (QED) is 0.563. The highest BCUT2D eigenvalue weighted by Crippen LogP contribution is 2.28. The Morgan fingerprint density at radius 3 is 2.62 bits per heavy atom. The number of hydrogen-bond acceptors (Lipinski definition) is 7. The Hall–Kier alpha value is -1.80. The van der Waals surface area contributed by atoms with Gasteiger partial charge >= 0.3 is 0 Å². The van der Waals surface area contributed by atoms with Crippen molar-refractivity contribution in [1.82, 2.24) is 10.1 Å². The van der Waals surface area contributed by atoms with E-state index < -0.39 is 9.84 Å². The molecular formula is C20H28ClN3O4S. The number of benzene rings is 1. The maximum atomic E-state index is 11.6. The highest BCUT2D eigenvalue weighted by atomic mass is 35.5. The molecule has 2 heterocycles. The summed E-state index contributed by atoms with van der Waals surface area (Å²) >= 11 is 6.05. The third kappa shape index (κ3) is 5.85. The van der Waals surface area contributed by atoms with E-state index in [1.807, 2.05) is 13.8 Å². The van der Waals surface area contributed by atoms with Crippen LogP contribution in [0.1, 0.15) is 51.3 Å². The lowest BCUT2D eigenvalue weighted by atomic mass is 9.92. The van der Waals surface area contributed by atoms with Crippen LogP contribution in [-0.2, 0) is 9.84 Å². The second-order valence-corrected chi connectivity index (χ2v) is 10.3. The minimum atomic E-state index is -3.32. The third-order valence-corrected chi connectivity index (χ3v) is 6.73. The Balaban J connectivity index is 1.39. The molecule has 0 bridgehead atoms. The summed E-state index contributed by atoms with van der Waals surface area (Å²) in [6.45, 7) is 6.53. The maximum absolute atomic E-state index is 11.6. The van der Waals surface area contributed by atoms with Crippen molar-refractivity contribution in [2.75, 3.05) is 30.9 Å². The maximum Gasteiger partial charge on any atom is 0.266 e. The summed E-state index contributed by atoms with van der Waals surface area (Å²) in [5.41, 5.74) is 0. The van der Waals surface area contributed by atoms with Crippen molar-refractivity contribution in [2.24, 2.45) is 5.92 Å². The normalized spacial score (nSPS) is 15.8. The summed E-state index contributed by atoms with van der Waals surface area (Å²) in [6, 6.07) is 4.70. The summed E-state index contributed by atoms with van der Waals surface area (Å²) in [5, 5.41) is 4.29. The predicted molar refractivity (Wildman–Crippen MR) is 113 cm³/mol. The third-order valence-electron chi connectivity index (χ3n) is 5.15. The van der Waals surface area contributed by atoms with Crippen molar-refractivity contribution >= 4 is 27.4 Å². The largest absolute Gasteiger partial charge is 0.494 e. The van der Waals surface area contributed by atoms with Crippen molar-refractivity contribution in [3.8, 4) is 5.75 Å². The van der Waals surface area contributed by atoms with Gasteiger partial charge < -0.3 is 14.2 Å². The van der Waals surface area contributed by atoms with Gasteiger partial charge in [0.1, 0.15) is 5.75 Å². The average molecular weight is 442 g/mol. The van der Waals surface area contributed by atoms with Crippen LogP contribution in [0.4, 0.5) is 5.95 Å². The van der Waals surface area contributed by atoms with Crippen LogP contribution >= 0.6 is 11.6 Å². The molecule has 9 heteroatoms. The smallest absolute Gasteiger partial charge is 0.266 e. The minimum Gasteiger partial charge on any atom is -0.494 e. The number of ether oxygens (including phenoxy) is 1. The molecule has 0 saturated carbocycles. The van der Waals surface area contributed by atoms with E-state index in [0.29, 0.717) is 30.1 Å². The molecule has 3 rings (SSSR count). The van der Waals surface area contributed by atoms with Gasteiger partial charge in [0, 0.05) is 31.3 Å². The van der Waals surface area contributed by atoms with Crippen LogP contribution < -0.4 is 9.64 Å². The predicted octanol–water partition coefficient (Wildman–Crippen LogP) is 4.33. The Labute approximate surface area is 177 Å². The highest BCUT2D eigenvalue weighted by Gasteiger charge is 2.23. The lowest BCUT2D eigenvalue weighted by Gasteiger charge is -2.30. The van der Waals surface area contributed by atoms with Gasteiger partial charge in [0.25, 0.3) is 5.95 Å². The van der Waals surface area contributed by atoms with Crippen LogP contribution in [0.2, 0.25) is 5.02 Å². The molecule has 7 nitrogen and oxygen atoms in total. The molecule has 0 N–H and O–H groups in total. The first-order valence-electron chi connectivity index (χ1n) is 9.95. The fourth-order valence-corrected chi connectivity index (χ4v) is 4.77. The van der Waals surface area contributed by atoms with Gasteiger partial charge in [-0.15, -0.1) is 0 Å². The summed E-state index contributed by atoms with van der Waals surface area (Å²) in [5.74, 6) is 2.87. The molecule has 160 valence electrons. The van der Waals surface area contributed by atoms with E-state index in [1.165, 1.54) is 6.07 Å². The van der Waals surface area contributed by atoms with Gasteiger partial charge in [0.2, 0.25) is 5.89 Å². The molecule has 29 heavy (non-hydrogen) atoms. The van der Waals surface area contributed by atoms with Crippen LogP contribution in [-0.4, -0.2) is 44.5 Å². The molecule has 1 aromatic heterocycles.